The summed E-state index contributed by atoms with van der Waals surface area (Å²) in [7, 11) is 0. The van der Waals surface area contributed by atoms with E-state index in [0.717, 1.165) is 5.56 Å². The van der Waals surface area contributed by atoms with Crippen LogP contribution in [0.4, 0.5) is 10.5 Å². The molecule has 0 heterocycles. The van der Waals surface area contributed by atoms with Crippen molar-refractivity contribution in [2.24, 2.45) is 5.73 Å². The molecule has 0 aliphatic rings. The van der Waals surface area contributed by atoms with Crippen LogP contribution in [0, 0.1) is 0 Å². The Labute approximate surface area is 124 Å². The van der Waals surface area contributed by atoms with Gasteiger partial charge in [0.15, 0.2) is 0 Å². The highest BCUT2D eigenvalue weighted by atomic mass is 32.2. The summed E-state index contributed by atoms with van der Waals surface area (Å²) < 4.78 is 0. The quantitative estimate of drug-likeness (QED) is 0.619. The summed E-state index contributed by atoms with van der Waals surface area (Å²) in [6.07, 6.45) is 1.97. The molecule has 2 atom stereocenters. The van der Waals surface area contributed by atoms with E-state index in [-0.39, 0.29) is 6.04 Å². The Kier molecular flexibility index (Phi) is 6.32. The van der Waals surface area contributed by atoms with Gasteiger partial charge in [-0.15, -0.1) is 0 Å². The summed E-state index contributed by atoms with van der Waals surface area (Å²) in [6.45, 7) is 4.38. The lowest BCUT2D eigenvalue weighted by Gasteiger charge is -2.25. The summed E-state index contributed by atoms with van der Waals surface area (Å²) in [6, 6.07) is 7.00. The summed E-state index contributed by atoms with van der Waals surface area (Å²) >= 11 is 1.62. The van der Waals surface area contributed by atoms with Crippen molar-refractivity contribution in [1.29, 1.82) is 0 Å². The Morgan fingerprint density at radius 1 is 1.45 bits per heavy atom. The van der Waals surface area contributed by atoms with Crippen molar-refractivity contribution >= 4 is 23.5 Å². The Hall–Kier alpha value is -1.24. The highest BCUT2D eigenvalue weighted by Gasteiger charge is 2.20. The third kappa shape index (κ3) is 5.81. The third-order valence-corrected chi connectivity index (χ3v) is 3.83. The zero-order valence-corrected chi connectivity index (χ0v) is 13.0. The summed E-state index contributed by atoms with van der Waals surface area (Å²) in [5.74, 6) is 0.689. The highest BCUT2D eigenvalue weighted by Crippen LogP contribution is 2.17. The van der Waals surface area contributed by atoms with E-state index in [2.05, 4.69) is 10.6 Å². The average Bonchev–Trinajstić information content (AvgIpc) is 2.36. The van der Waals surface area contributed by atoms with Gasteiger partial charge in [0.1, 0.15) is 0 Å². The molecule has 0 saturated heterocycles. The predicted molar refractivity (Wildman–Crippen MR) is 85.1 cm³/mol. The van der Waals surface area contributed by atoms with Crippen molar-refractivity contribution in [2.75, 3.05) is 23.9 Å². The van der Waals surface area contributed by atoms with Crippen LogP contribution >= 0.6 is 11.8 Å². The minimum absolute atomic E-state index is 0.117. The van der Waals surface area contributed by atoms with Gasteiger partial charge in [-0.2, -0.15) is 11.8 Å². The van der Waals surface area contributed by atoms with Gasteiger partial charge in [-0.05, 0) is 37.8 Å². The lowest BCUT2D eigenvalue weighted by atomic mass is 10.1. The van der Waals surface area contributed by atoms with E-state index in [1.54, 1.807) is 23.9 Å². The van der Waals surface area contributed by atoms with Gasteiger partial charge in [0.2, 0.25) is 0 Å². The molecule has 0 aliphatic carbocycles. The monoisotopic (exact) mass is 297 g/mol. The van der Waals surface area contributed by atoms with E-state index < -0.39 is 11.6 Å². The van der Waals surface area contributed by atoms with Crippen LogP contribution in [-0.2, 0) is 0 Å². The van der Waals surface area contributed by atoms with E-state index in [4.69, 9.17) is 5.73 Å². The van der Waals surface area contributed by atoms with E-state index in [9.17, 15) is 9.90 Å². The Morgan fingerprint density at radius 3 is 2.55 bits per heavy atom. The zero-order chi connectivity index (χ0) is 15.2. The van der Waals surface area contributed by atoms with Crippen LogP contribution in [0.25, 0.3) is 0 Å². The molecular formula is C14H23N3O2S. The number of anilines is 1. The van der Waals surface area contributed by atoms with Crippen LogP contribution in [0.15, 0.2) is 24.3 Å². The number of hydrogen-bond donors (Lipinski definition) is 4. The molecule has 0 fully saturated rings. The number of hydrogen-bond acceptors (Lipinski definition) is 4. The first-order valence-electron chi connectivity index (χ1n) is 6.45. The number of carbonyl (C=O) groups is 1. The average molecular weight is 297 g/mol. The number of benzene rings is 1. The fraction of sp³-hybridized carbons (Fsp3) is 0.500. The van der Waals surface area contributed by atoms with Gasteiger partial charge in [0.25, 0.3) is 0 Å². The molecule has 5 N–H and O–H groups in total. The number of amides is 2. The highest BCUT2D eigenvalue weighted by molar-refractivity contribution is 7.98. The summed E-state index contributed by atoms with van der Waals surface area (Å²) in [5, 5.41) is 15.9. The first kappa shape index (κ1) is 16.8. The van der Waals surface area contributed by atoms with Crippen molar-refractivity contribution in [1.82, 2.24) is 5.32 Å². The van der Waals surface area contributed by atoms with Crippen molar-refractivity contribution in [3.05, 3.63) is 29.8 Å². The van der Waals surface area contributed by atoms with Crippen LogP contribution in [-0.4, -0.2) is 35.3 Å². The molecule has 6 heteroatoms. The minimum atomic E-state index is -0.721. The van der Waals surface area contributed by atoms with Crippen molar-refractivity contribution in [3.63, 3.8) is 0 Å². The largest absolute Gasteiger partial charge is 0.388 e. The SMILES string of the molecule is CSCC(C)(O)CNC(C)c1ccc(NC(N)=O)cc1. The van der Waals surface area contributed by atoms with Gasteiger partial charge in [-0.25, -0.2) is 4.79 Å². The van der Waals surface area contributed by atoms with Crippen LogP contribution in [0.5, 0.6) is 0 Å². The number of rotatable bonds is 7. The van der Waals surface area contributed by atoms with E-state index in [0.29, 0.717) is 18.0 Å². The van der Waals surface area contributed by atoms with Crippen LogP contribution < -0.4 is 16.4 Å². The Bertz CT molecular complexity index is 435. The minimum Gasteiger partial charge on any atom is -0.388 e. The maximum atomic E-state index is 10.7. The van der Waals surface area contributed by atoms with Gasteiger partial charge in [0.05, 0.1) is 5.60 Å². The second kappa shape index (κ2) is 7.52. The standard InChI is InChI=1S/C14H23N3O2S/c1-10(16-8-14(2,19)9-20-3)11-4-6-12(7-5-11)17-13(15)18/h4-7,10,16,19H,8-9H2,1-3H3,(H3,15,17,18). The number of nitrogens with two attached hydrogens (primary N) is 1. The fourth-order valence-electron chi connectivity index (χ4n) is 1.85. The van der Waals surface area contributed by atoms with Crippen molar-refractivity contribution in [2.45, 2.75) is 25.5 Å². The second-order valence-electron chi connectivity index (χ2n) is 5.14. The Morgan fingerprint density at radius 2 is 2.05 bits per heavy atom. The normalized spacial score (nSPS) is 15.4. The van der Waals surface area contributed by atoms with E-state index >= 15 is 0 Å². The molecular weight excluding hydrogens is 274 g/mol. The topological polar surface area (TPSA) is 87.4 Å². The van der Waals surface area contributed by atoms with Gasteiger partial charge in [-0.1, -0.05) is 12.1 Å². The number of nitrogens with one attached hydrogen (secondary N) is 2. The summed E-state index contributed by atoms with van der Waals surface area (Å²) in [4.78, 5) is 10.7. The molecule has 5 nitrogen and oxygen atoms in total. The molecule has 1 aromatic carbocycles. The molecule has 1 aromatic rings. The number of carbonyl (C=O) groups excluding carboxylic acids is 1. The number of urea groups is 1. The molecule has 0 aliphatic heterocycles. The van der Waals surface area contributed by atoms with Gasteiger partial charge in [0, 0.05) is 24.0 Å². The fourth-order valence-corrected chi connectivity index (χ4v) is 2.57. The van der Waals surface area contributed by atoms with Gasteiger partial charge in [-0.3, -0.25) is 0 Å². The van der Waals surface area contributed by atoms with Crippen molar-refractivity contribution < 1.29 is 9.90 Å². The lowest BCUT2D eigenvalue weighted by molar-refractivity contribution is 0.0821. The molecule has 2 amide bonds. The van der Waals surface area contributed by atoms with E-state index in [1.807, 2.05) is 32.2 Å². The molecule has 2 unspecified atom stereocenters. The van der Waals surface area contributed by atoms with E-state index in [1.165, 1.54) is 0 Å². The van der Waals surface area contributed by atoms with Crippen LogP contribution in [0.1, 0.15) is 25.5 Å². The number of thioether (sulfide) groups is 1. The maximum Gasteiger partial charge on any atom is 0.316 e. The summed E-state index contributed by atoms with van der Waals surface area (Å²) in [5.41, 5.74) is 6.09. The molecule has 20 heavy (non-hydrogen) atoms. The second-order valence-corrected chi connectivity index (χ2v) is 6.01. The van der Waals surface area contributed by atoms with Crippen LogP contribution in [0.3, 0.4) is 0 Å². The molecule has 0 aromatic heterocycles. The molecule has 0 bridgehead atoms. The maximum absolute atomic E-state index is 10.7. The predicted octanol–water partition coefficient (Wildman–Crippen LogP) is 1.94. The van der Waals surface area contributed by atoms with Gasteiger partial charge < -0.3 is 21.5 Å². The zero-order valence-electron chi connectivity index (χ0n) is 12.1. The molecule has 0 saturated carbocycles. The van der Waals surface area contributed by atoms with Gasteiger partial charge >= 0.3 is 6.03 Å². The smallest absolute Gasteiger partial charge is 0.316 e. The molecule has 112 valence electrons. The van der Waals surface area contributed by atoms with Crippen molar-refractivity contribution in [3.8, 4) is 0 Å². The lowest BCUT2D eigenvalue weighted by Crippen LogP contribution is -2.40. The third-order valence-electron chi connectivity index (χ3n) is 2.92. The Balaban J connectivity index is 2.55. The number of primary amides is 1. The first-order chi connectivity index (χ1) is 9.34. The molecule has 0 spiro atoms. The molecule has 1 rings (SSSR count). The number of aliphatic hydroxyl groups is 1. The van der Waals surface area contributed by atoms with Crippen LogP contribution in [0.2, 0.25) is 0 Å². The first-order valence-corrected chi connectivity index (χ1v) is 7.84. The molecule has 0 radical (unpaired) electrons.